The normalized spacial score (nSPS) is 21.7. The summed E-state index contributed by atoms with van der Waals surface area (Å²) in [7, 11) is 0. The lowest BCUT2D eigenvalue weighted by Gasteiger charge is -2.46. The lowest BCUT2D eigenvalue weighted by molar-refractivity contribution is -0.137. The molecule has 1 aromatic carbocycles. The number of carbonyl (C=O) groups excluding carboxylic acids is 2. The third-order valence-corrected chi connectivity index (χ3v) is 7.76. The maximum absolute atomic E-state index is 14.9. The SMILES string of the molecule is NC(=O)c1cncc(-c2cc(F)c3c(c2)C[C@H](CNC(=O)C2(N4CCCCC4)CCCCC2)O3)c1. The van der Waals surface area contributed by atoms with Crippen molar-refractivity contribution < 1.29 is 18.7 Å². The van der Waals surface area contributed by atoms with Crippen molar-refractivity contribution in [2.24, 2.45) is 5.73 Å². The number of likely N-dealkylation sites (tertiary alicyclic amines) is 1. The van der Waals surface area contributed by atoms with Crippen molar-refractivity contribution in [3.8, 4) is 16.9 Å². The first kappa shape index (κ1) is 23.7. The largest absolute Gasteiger partial charge is 0.485 e. The van der Waals surface area contributed by atoms with Gasteiger partial charge in [-0.3, -0.25) is 19.5 Å². The Morgan fingerprint density at radius 1 is 1.06 bits per heavy atom. The number of carbonyl (C=O) groups is 2. The van der Waals surface area contributed by atoms with E-state index in [0.717, 1.165) is 57.2 Å². The number of aromatic nitrogens is 1. The average Bonchev–Trinajstić information content (AvgIpc) is 3.32. The molecular weight excluding hydrogens is 447 g/mol. The molecule has 3 heterocycles. The third kappa shape index (κ3) is 4.76. The summed E-state index contributed by atoms with van der Waals surface area (Å²) in [6, 6.07) is 4.85. The molecule has 7 nitrogen and oxygen atoms in total. The average molecular weight is 481 g/mol. The van der Waals surface area contributed by atoms with Gasteiger partial charge in [-0.15, -0.1) is 0 Å². The van der Waals surface area contributed by atoms with Crippen LogP contribution in [0.15, 0.2) is 30.6 Å². The highest BCUT2D eigenvalue weighted by Crippen LogP contribution is 2.37. The summed E-state index contributed by atoms with van der Waals surface area (Å²) in [4.78, 5) is 31.5. The van der Waals surface area contributed by atoms with E-state index in [-0.39, 0.29) is 23.3 Å². The molecule has 3 N–H and O–H groups in total. The van der Waals surface area contributed by atoms with Gasteiger partial charge in [-0.2, -0.15) is 0 Å². The summed E-state index contributed by atoms with van der Waals surface area (Å²) < 4.78 is 20.8. The minimum absolute atomic E-state index is 0.0918. The Morgan fingerprint density at radius 2 is 1.80 bits per heavy atom. The molecule has 186 valence electrons. The summed E-state index contributed by atoms with van der Waals surface area (Å²) in [5.74, 6) is -0.724. The summed E-state index contributed by atoms with van der Waals surface area (Å²) in [5, 5.41) is 3.16. The molecule has 1 saturated carbocycles. The number of nitrogens with one attached hydrogen (secondary N) is 1. The molecule has 1 atom stereocenters. The quantitative estimate of drug-likeness (QED) is 0.659. The Morgan fingerprint density at radius 3 is 2.54 bits per heavy atom. The number of halogens is 1. The standard InChI is InChI=1S/C27H33FN4O3/c28-23-14-18(20-12-21(25(29)33)16-30-15-20)11-19-13-22(35-24(19)23)17-31-26(34)27(7-3-1-4-8-27)32-9-5-2-6-10-32/h11-12,14-16,22H,1-10,13,17H2,(H2,29,33)(H,31,34)/t22-/m1/s1. The van der Waals surface area contributed by atoms with Crippen molar-refractivity contribution in [1.29, 1.82) is 0 Å². The van der Waals surface area contributed by atoms with Crippen molar-refractivity contribution >= 4 is 11.8 Å². The predicted octanol–water partition coefficient (Wildman–Crippen LogP) is 3.60. The number of ether oxygens (including phenoxy) is 1. The van der Waals surface area contributed by atoms with Crippen molar-refractivity contribution in [2.45, 2.75) is 69.4 Å². The lowest BCUT2D eigenvalue weighted by atomic mass is 9.78. The second kappa shape index (κ2) is 9.93. The topological polar surface area (TPSA) is 97.6 Å². The van der Waals surface area contributed by atoms with E-state index in [9.17, 15) is 14.0 Å². The number of hydrogen-bond donors (Lipinski definition) is 2. The van der Waals surface area contributed by atoms with Crippen molar-refractivity contribution in [3.05, 3.63) is 47.5 Å². The molecular formula is C27H33FN4O3. The molecule has 35 heavy (non-hydrogen) atoms. The molecule has 0 radical (unpaired) electrons. The molecule has 0 unspecified atom stereocenters. The fourth-order valence-electron chi connectivity index (χ4n) is 5.92. The van der Waals surface area contributed by atoms with E-state index in [4.69, 9.17) is 10.5 Å². The number of rotatable bonds is 6. The Kier molecular flexibility index (Phi) is 6.73. The molecule has 8 heteroatoms. The van der Waals surface area contributed by atoms with Crippen LogP contribution in [0.25, 0.3) is 11.1 Å². The molecule has 5 rings (SSSR count). The number of fused-ring (bicyclic) bond motifs is 1. The Labute approximate surface area is 205 Å². The highest BCUT2D eigenvalue weighted by atomic mass is 19.1. The van der Waals surface area contributed by atoms with Crippen LogP contribution in [0.4, 0.5) is 4.39 Å². The highest BCUT2D eigenvalue weighted by molar-refractivity contribution is 5.93. The summed E-state index contributed by atoms with van der Waals surface area (Å²) in [5.41, 5.74) is 7.17. The second-order valence-corrected chi connectivity index (χ2v) is 10.1. The van der Waals surface area contributed by atoms with Crippen LogP contribution in [0, 0.1) is 5.82 Å². The van der Waals surface area contributed by atoms with Gasteiger partial charge >= 0.3 is 0 Å². The molecule has 2 aliphatic heterocycles. The van der Waals surface area contributed by atoms with Gasteiger partial charge in [0, 0.05) is 29.9 Å². The van der Waals surface area contributed by atoms with Crippen LogP contribution in [0.1, 0.15) is 67.3 Å². The van der Waals surface area contributed by atoms with E-state index in [1.807, 2.05) is 6.07 Å². The maximum Gasteiger partial charge on any atom is 0.250 e. The Hall–Kier alpha value is -3.00. The highest BCUT2D eigenvalue weighted by Gasteiger charge is 2.45. The van der Waals surface area contributed by atoms with Gasteiger partial charge in [0.2, 0.25) is 11.8 Å². The minimum Gasteiger partial charge on any atom is -0.485 e. The van der Waals surface area contributed by atoms with Crippen molar-refractivity contribution in [2.75, 3.05) is 19.6 Å². The second-order valence-electron chi connectivity index (χ2n) is 10.1. The van der Waals surface area contributed by atoms with E-state index in [0.29, 0.717) is 24.1 Å². The molecule has 2 amide bonds. The van der Waals surface area contributed by atoms with Gasteiger partial charge in [0.1, 0.15) is 11.6 Å². The smallest absolute Gasteiger partial charge is 0.250 e. The van der Waals surface area contributed by atoms with Crippen LogP contribution >= 0.6 is 0 Å². The zero-order valence-corrected chi connectivity index (χ0v) is 20.0. The van der Waals surface area contributed by atoms with Crippen LogP contribution in [-0.4, -0.2) is 53.0 Å². The first-order valence-electron chi connectivity index (χ1n) is 12.7. The number of nitrogens with zero attached hydrogens (tertiary/aromatic N) is 2. The Bertz CT molecular complexity index is 1110. The summed E-state index contributed by atoms with van der Waals surface area (Å²) in [6.45, 7) is 2.31. The number of benzene rings is 1. The van der Waals surface area contributed by atoms with Gasteiger partial charge in [-0.1, -0.05) is 25.7 Å². The lowest BCUT2D eigenvalue weighted by Crippen LogP contribution is -2.61. The van der Waals surface area contributed by atoms with Crippen LogP contribution in [0.5, 0.6) is 5.75 Å². The number of pyridine rings is 1. The van der Waals surface area contributed by atoms with Crippen molar-refractivity contribution in [3.63, 3.8) is 0 Å². The monoisotopic (exact) mass is 480 g/mol. The molecule has 0 spiro atoms. The van der Waals surface area contributed by atoms with E-state index in [1.54, 1.807) is 12.3 Å². The van der Waals surface area contributed by atoms with Crippen molar-refractivity contribution in [1.82, 2.24) is 15.2 Å². The first-order valence-corrected chi connectivity index (χ1v) is 12.7. The first-order chi connectivity index (χ1) is 17.0. The molecule has 1 aliphatic carbocycles. The number of primary amides is 1. The van der Waals surface area contributed by atoms with E-state index in [1.165, 1.54) is 25.1 Å². The predicted molar refractivity (Wildman–Crippen MR) is 131 cm³/mol. The number of hydrogen-bond acceptors (Lipinski definition) is 5. The summed E-state index contributed by atoms with van der Waals surface area (Å²) >= 11 is 0. The molecule has 2 aromatic rings. The van der Waals surface area contributed by atoms with Gasteiger partial charge in [0.25, 0.3) is 0 Å². The van der Waals surface area contributed by atoms with E-state index >= 15 is 0 Å². The van der Waals surface area contributed by atoms with Gasteiger partial charge in [-0.25, -0.2) is 4.39 Å². The zero-order valence-electron chi connectivity index (χ0n) is 20.0. The Balaban J connectivity index is 1.27. The molecule has 0 bridgehead atoms. The fourth-order valence-corrected chi connectivity index (χ4v) is 5.92. The third-order valence-electron chi connectivity index (χ3n) is 7.76. The fraction of sp³-hybridized carbons (Fsp3) is 0.519. The van der Waals surface area contributed by atoms with Crippen LogP contribution in [0.3, 0.4) is 0 Å². The number of nitrogens with two attached hydrogens (primary N) is 1. The van der Waals surface area contributed by atoms with Crippen LogP contribution < -0.4 is 15.8 Å². The van der Waals surface area contributed by atoms with Gasteiger partial charge in [0.15, 0.2) is 11.6 Å². The zero-order chi connectivity index (χ0) is 24.4. The maximum atomic E-state index is 14.9. The minimum atomic E-state index is -0.583. The molecule has 1 aromatic heterocycles. The molecule has 3 aliphatic rings. The number of piperidine rings is 1. The van der Waals surface area contributed by atoms with E-state index < -0.39 is 17.3 Å². The number of amides is 2. The van der Waals surface area contributed by atoms with Gasteiger partial charge in [0.05, 0.1) is 12.1 Å². The van der Waals surface area contributed by atoms with Crippen LogP contribution in [0.2, 0.25) is 0 Å². The summed E-state index contributed by atoms with van der Waals surface area (Å²) in [6.07, 6.45) is 11.8. The molecule has 2 fully saturated rings. The van der Waals surface area contributed by atoms with Gasteiger partial charge in [-0.05, 0) is 62.5 Å². The molecule has 1 saturated heterocycles. The van der Waals surface area contributed by atoms with Gasteiger partial charge < -0.3 is 15.8 Å². The van der Waals surface area contributed by atoms with Crippen LogP contribution in [-0.2, 0) is 11.2 Å². The van der Waals surface area contributed by atoms with E-state index in [2.05, 4.69) is 15.2 Å².